The average molecular weight is 290 g/mol. The zero-order chi connectivity index (χ0) is 15.2. The van der Waals surface area contributed by atoms with Gasteiger partial charge in [-0.05, 0) is 17.2 Å². The monoisotopic (exact) mass is 290 g/mol. The normalized spacial score (nSPS) is 22.5. The van der Waals surface area contributed by atoms with Crippen LogP contribution in [0.15, 0.2) is 54.1 Å². The summed E-state index contributed by atoms with van der Waals surface area (Å²) in [4.78, 5) is 11.8. The summed E-state index contributed by atoms with van der Waals surface area (Å²) in [6.45, 7) is 0.101. The summed E-state index contributed by atoms with van der Waals surface area (Å²) < 4.78 is 10.1. The fraction of sp³-hybridized carbons (Fsp3) is 0.312. The van der Waals surface area contributed by atoms with Crippen molar-refractivity contribution in [1.29, 1.82) is 0 Å². The molecule has 0 aromatic heterocycles. The van der Waals surface area contributed by atoms with Gasteiger partial charge in [0.25, 0.3) is 0 Å². The minimum Gasteiger partial charge on any atom is -0.459 e. The van der Waals surface area contributed by atoms with Gasteiger partial charge in [0.1, 0.15) is 18.8 Å². The maximum absolute atomic E-state index is 11.8. The predicted octanol–water partition coefficient (Wildman–Crippen LogP) is 0.963. The van der Waals surface area contributed by atoms with Gasteiger partial charge in [0.05, 0.1) is 0 Å². The van der Waals surface area contributed by atoms with Gasteiger partial charge < -0.3 is 19.7 Å². The van der Waals surface area contributed by atoms with E-state index in [4.69, 9.17) is 9.47 Å². The molecule has 0 radical (unpaired) electrons. The van der Waals surface area contributed by atoms with Gasteiger partial charge in [-0.25, -0.2) is 4.79 Å². The standard InChI is InChI=1S/C16H18O5/c1-20-14-9-12(7-8-13(14)17)15(18)16(19)21-10-11-5-3-2-4-6-11/h2-9,13-15,17-18H,10H2,1H3. The van der Waals surface area contributed by atoms with Crippen molar-refractivity contribution < 1.29 is 24.5 Å². The molecule has 1 aliphatic carbocycles. The minimum atomic E-state index is -1.39. The van der Waals surface area contributed by atoms with Gasteiger partial charge in [-0.3, -0.25) is 0 Å². The second-order valence-electron chi connectivity index (χ2n) is 4.71. The molecule has 1 aromatic carbocycles. The number of ether oxygens (including phenoxy) is 2. The number of carbonyl (C=O) groups excluding carboxylic acids is 1. The summed E-state index contributed by atoms with van der Waals surface area (Å²) in [6.07, 6.45) is 1.72. The van der Waals surface area contributed by atoms with Gasteiger partial charge in [0.2, 0.25) is 0 Å². The highest BCUT2D eigenvalue weighted by atomic mass is 16.5. The first kappa shape index (κ1) is 15.4. The quantitative estimate of drug-likeness (QED) is 0.790. The molecule has 0 saturated heterocycles. The van der Waals surface area contributed by atoms with E-state index in [2.05, 4.69) is 0 Å². The summed E-state index contributed by atoms with van der Waals surface area (Å²) in [7, 11) is 1.45. The number of rotatable bonds is 5. The van der Waals surface area contributed by atoms with Crippen LogP contribution in [0.1, 0.15) is 5.56 Å². The van der Waals surface area contributed by atoms with Gasteiger partial charge >= 0.3 is 5.97 Å². The van der Waals surface area contributed by atoms with Crippen molar-refractivity contribution in [2.24, 2.45) is 0 Å². The van der Waals surface area contributed by atoms with Gasteiger partial charge in [0, 0.05) is 7.11 Å². The van der Waals surface area contributed by atoms with E-state index in [1.54, 1.807) is 0 Å². The van der Waals surface area contributed by atoms with Crippen molar-refractivity contribution in [3.05, 3.63) is 59.7 Å². The lowest BCUT2D eigenvalue weighted by Crippen LogP contribution is -2.31. The summed E-state index contributed by atoms with van der Waals surface area (Å²) in [5.41, 5.74) is 1.20. The molecule has 0 spiro atoms. The average Bonchev–Trinajstić information content (AvgIpc) is 2.53. The Morgan fingerprint density at radius 1 is 1.33 bits per heavy atom. The molecule has 3 atom stereocenters. The maximum atomic E-state index is 11.8. The van der Waals surface area contributed by atoms with Crippen molar-refractivity contribution in [2.45, 2.75) is 24.9 Å². The molecule has 1 aromatic rings. The Morgan fingerprint density at radius 2 is 2.05 bits per heavy atom. The van der Waals surface area contributed by atoms with Gasteiger partial charge in [-0.2, -0.15) is 0 Å². The van der Waals surface area contributed by atoms with Gasteiger partial charge in [-0.1, -0.05) is 42.5 Å². The van der Waals surface area contributed by atoms with E-state index in [-0.39, 0.29) is 6.61 Å². The molecule has 3 unspecified atom stereocenters. The highest BCUT2D eigenvalue weighted by Gasteiger charge is 2.26. The first-order valence-corrected chi connectivity index (χ1v) is 6.61. The molecule has 21 heavy (non-hydrogen) atoms. The molecule has 0 aliphatic heterocycles. The number of esters is 1. The smallest absolute Gasteiger partial charge is 0.339 e. The van der Waals surface area contributed by atoms with Crippen molar-refractivity contribution >= 4 is 5.97 Å². The third-order valence-electron chi connectivity index (χ3n) is 3.21. The lowest BCUT2D eigenvalue weighted by Gasteiger charge is -2.22. The highest BCUT2D eigenvalue weighted by molar-refractivity contribution is 5.79. The third kappa shape index (κ3) is 4.01. The molecule has 5 heteroatoms. The Balaban J connectivity index is 1.95. The van der Waals surface area contributed by atoms with Crippen LogP contribution in [0.25, 0.3) is 0 Å². The van der Waals surface area contributed by atoms with E-state index in [0.29, 0.717) is 5.57 Å². The van der Waals surface area contributed by atoms with Crippen LogP contribution in [0.2, 0.25) is 0 Å². The molecular weight excluding hydrogens is 272 g/mol. The number of hydrogen-bond acceptors (Lipinski definition) is 5. The third-order valence-corrected chi connectivity index (χ3v) is 3.21. The Morgan fingerprint density at radius 3 is 2.71 bits per heavy atom. The number of methoxy groups -OCH3 is 1. The second-order valence-corrected chi connectivity index (χ2v) is 4.71. The number of benzene rings is 1. The Hall–Kier alpha value is -1.95. The maximum Gasteiger partial charge on any atom is 0.339 e. The lowest BCUT2D eigenvalue weighted by atomic mass is 9.98. The zero-order valence-corrected chi connectivity index (χ0v) is 11.7. The Bertz CT molecular complexity index is 535. The zero-order valence-electron chi connectivity index (χ0n) is 11.7. The van der Waals surface area contributed by atoms with Gasteiger partial charge in [0.15, 0.2) is 6.10 Å². The van der Waals surface area contributed by atoms with Crippen LogP contribution in [0.4, 0.5) is 0 Å². The summed E-state index contributed by atoms with van der Waals surface area (Å²) in [5, 5.41) is 19.6. The molecule has 0 bridgehead atoms. The molecule has 0 fully saturated rings. The highest BCUT2D eigenvalue weighted by Crippen LogP contribution is 2.18. The van der Waals surface area contributed by atoms with Crippen molar-refractivity contribution in [2.75, 3.05) is 7.11 Å². The van der Waals surface area contributed by atoms with Crippen molar-refractivity contribution in [3.63, 3.8) is 0 Å². The van der Waals surface area contributed by atoms with Crippen LogP contribution in [0, 0.1) is 0 Å². The van der Waals surface area contributed by atoms with Crippen molar-refractivity contribution in [3.8, 4) is 0 Å². The molecule has 0 saturated carbocycles. The van der Waals surface area contributed by atoms with E-state index in [1.165, 1.54) is 25.3 Å². The van der Waals surface area contributed by atoms with Crippen LogP contribution < -0.4 is 0 Å². The lowest BCUT2D eigenvalue weighted by molar-refractivity contribution is -0.152. The fourth-order valence-electron chi connectivity index (χ4n) is 2.00. The Labute approximate surface area is 123 Å². The topological polar surface area (TPSA) is 76.0 Å². The van der Waals surface area contributed by atoms with E-state index in [1.807, 2.05) is 30.3 Å². The van der Waals surface area contributed by atoms with Crippen LogP contribution >= 0.6 is 0 Å². The molecule has 1 aliphatic rings. The minimum absolute atomic E-state index is 0.101. The van der Waals surface area contributed by atoms with Crippen molar-refractivity contribution in [1.82, 2.24) is 0 Å². The molecule has 0 amide bonds. The predicted molar refractivity (Wildman–Crippen MR) is 76.3 cm³/mol. The van der Waals surface area contributed by atoms with E-state index < -0.39 is 24.3 Å². The van der Waals surface area contributed by atoms with Crippen LogP contribution in [-0.2, 0) is 20.9 Å². The van der Waals surface area contributed by atoms with E-state index in [9.17, 15) is 15.0 Å². The first-order valence-electron chi connectivity index (χ1n) is 6.61. The molecule has 5 nitrogen and oxygen atoms in total. The molecule has 2 rings (SSSR count). The Kier molecular flexibility index (Phi) is 5.27. The molecular formula is C16H18O5. The SMILES string of the molecule is COC1C=C(C(O)C(=O)OCc2ccccc2)C=CC1O. The number of aliphatic hydroxyl groups is 2. The molecule has 0 heterocycles. The summed E-state index contributed by atoms with van der Waals surface area (Å²) >= 11 is 0. The number of aliphatic hydroxyl groups excluding tert-OH is 2. The van der Waals surface area contributed by atoms with Crippen LogP contribution in [-0.4, -0.2) is 41.6 Å². The molecule has 112 valence electrons. The summed E-state index contributed by atoms with van der Waals surface area (Å²) in [6, 6.07) is 9.22. The number of hydrogen-bond donors (Lipinski definition) is 2. The van der Waals surface area contributed by atoms with Gasteiger partial charge in [-0.15, -0.1) is 0 Å². The van der Waals surface area contributed by atoms with E-state index >= 15 is 0 Å². The summed E-state index contributed by atoms with van der Waals surface area (Å²) in [5.74, 6) is -0.735. The van der Waals surface area contributed by atoms with E-state index in [0.717, 1.165) is 5.56 Å². The number of carbonyl (C=O) groups is 1. The first-order chi connectivity index (χ1) is 10.1. The second kappa shape index (κ2) is 7.17. The van der Waals surface area contributed by atoms with Crippen LogP contribution in [0.5, 0.6) is 0 Å². The molecule has 2 N–H and O–H groups in total. The fourth-order valence-corrected chi connectivity index (χ4v) is 2.00. The van der Waals surface area contributed by atoms with Crippen LogP contribution in [0.3, 0.4) is 0 Å². The largest absolute Gasteiger partial charge is 0.459 e.